The Morgan fingerprint density at radius 3 is 3.00 bits per heavy atom. The highest BCUT2D eigenvalue weighted by atomic mass is 16.5. The van der Waals surface area contributed by atoms with Crippen molar-refractivity contribution >= 4 is 5.91 Å². The summed E-state index contributed by atoms with van der Waals surface area (Å²) in [5.74, 6) is 0.801. The lowest BCUT2D eigenvalue weighted by atomic mass is 10.1. The summed E-state index contributed by atoms with van der Waals surface area (Å²) in [6.45, 7) is 4.16. The summed E-state index contributed by atoms with van der Waals surface area (Å²) in [5.41, 5.74) is 4.73. The molecule has 1 aromatic carbocycles. The zero-order valence-electron chi connectivity index (χ0n) is 13.8. The molecule has 2 N–H and O–H groups in total. The minimum atomic E-state index is -0.0559. The summed E-state index contributed by atoms with van der Waals surface area (Å²) in [7, 11) is 3.46. The number of aryl methyl sites for hydroxylation is 1. The van der Waals surface area contributed by atoms with E-state index in [1.807, 2.05) is 25.1 Å². The summed E-state index contributed by atoms with van der Waals surface area (Å²) in [6, 6.07) is 5.96. The van der Waals surface area contributed by atoms with Crippen LogP contribution in [0.5, 0.6) is 5.75 Å². The second kappa shape index (κ2) is 6.42. The topological polar surface area (TPSA) is 70.2 Å². The average molecular weight is 314 g/mol. The van der Waals surface area contributed by atoms with Crippen LogP contribution in [0.15, 0.2) is 18.2 Å². The molecule has 3 rings (SSSR count). The smallest absolute Gasteiger partial charge is 0.274 e. The van der Waals surface area contributed by atoms with E-state index in [1.54, 1.807) is 19.1 Å². The Labute approximate surface area is 135 Å². The van der Waals surface area contributed by atoms with E-state index >= 15 is 0 Å². The molecule has 1 aromatic heterocycles. The average Bonchev–Trinajstić information content (AvgIpc) is 2.98. The Morgan fingerprint density at radius 2 is 2.26 bits per heavy atom. The Hall–Kier alpha value is -2.34. The van der Waals surface area contributed by atoms with E-state index in [2.05, 4.69) is 15.5 Å². The number of H-pyrrole nitrogens is 1. The summed E-state index contributed by atoms with van der Waals surface area (Å²) in [4.78, 5) is 14.4. The highest BCUT2D eigenvalue weighted by molar-refractivity contribution is 5.93. The van der Waals surface area contributed by atoms with Gasteiger partial charge in [0.1, 0.15) is 5.75 Å². The minimum Gasteiger partial charge on any atom is -0.496 e. The Bertz CT molecular complexity index is 723. The molecule has 0 bridgehead atoms. The number of aromatic amines is 1. The van der Waals surface area contributed by atoms with Crippen LogP contribution in [0.1, 0.15) is 32.9 Å². The first-order valence-corrected chi connectivity index (χ1v) is 7.76. The van der Waals surface area contributed by atoms with Crippen LogP contribution in [0, 0.1) is 6.92 Å². The molecule has 0 radical (unpaired) electrons. The van der Waals surface area contributed by atoms with Crippen LogP contribution in [0.25, 0.3) is 0 Å². The van der Waals surface area contributed by atoms with Crippen LogP contribution in [-0.2, 0) is 19.5 Å². The highest BCUT2D eigenvalue weighted by Gasteiger charge is 2.24. The molecule has 122 valence electrons. The second-order valence-electron chi connectivity index (χ2n) is 5.92. The number of ether oxygens (including phenoxy) is 1. The third-order valence-corrected chi connectivity index (χ3v) is 4.23. The number of fused-ring (bicyclic) bond motifs is 1. The molecule has 1 aliphatic heterocycles. The summed E-state index contributed by atoms with van der Waals surface area (Å²) in [5, 5.41) is 10.5. The first-order chi connectivity index (χ1) is 11.1. The maximum absolute atomic E-state index is 12.7. The molecule has 2 heterocycles. The van der Waals surface area contributed by atoms with Crippen molar-refractivity contribution in [2.45, 2.75) is 26.4 Å². The number of nitrogens with zero attached hydrogens (tertiary/aromatic N) is 2. The molecule has 6 nitrogen and oxygen atoms in total. The highest BCUT2D eigenvalue weighted by Crippen LogP contribution is 2.21. The van der Waals surface area contributed by atoms with Crippen LogP contribution in [0.2, 0.25) is 0 Å². The molecule has 0 atom stereocenters. The Kier molecular flexibility index (Phi) is 4.34. The van der Waals surface area contributed by atoms with Crippen molar-refractivity contribution in [3.8, 4) is 5.75 Å². The van der Waals surface area contributed by atoms with Crippen molar-refractivity contribution in [3.05, 3.63) is 46.3 Å². The quantitative estimate of drug-likeness (QED) is 0.900. The van der Waals surface area contributed by atoms with E-state index < -0.39 is 0 Å². The van der Waals surface area contributed by atoms with Crippen molar-refractivity contribution in [1.82, 2.24) is 20.4 Å². The maximum Gasteiger partial charge on any atom is 0.274 e. The van der Waals surface area contributed by atoms with Gasteiger partial charge in [-0.2, -0.15) is 5.10 Å². The largest absolute Gasteiger partial charge is 0.496 e. The molecule has 2 aromatic rings. The first kappa shape index (κ1) is 15.6. The second-order valence-corrected chi connectivity index (χ2v) is 5.92. The molecule has 0 unspecified atom stereocenters. The number of hydrogen-bond donors (Lipinski definition) is 2. The number of nitrogens with one attached hydrogen (secondary N) is 2. The molecule has 0 saturated heterocycles. The number of hydrogen-bond acceptors (Lipinski definition) is 4. The fraction of sp³-hybridized carbons (Fsp3) is 0.412. The predicted molar refractivity (Wildman–Crippen MR) is 87.5 cm³/mol. The summed E-state index contributed by atoms with van der Waals surface area (Å²) in [6.07, 6.45) is 0.886. The van der Waals surface area contributed by atoms with Crippen molar-refractivity contribution in [2.75, 3.05) is 20.7 Å². The van der Waals surface area contributed by atoms with Gasteiger partial charge in [0.2, 0.25) is 0 Å². The normalized spacial score (nSPS) is 13.5. The van der Waals surface area contributed by atoms with E-state index in [4.69, 9.17) is 4.74 Å². The first-order valence-electron chi connectivity index (χ1n) is 7.76. The molecule has 0 spiro atoms. The molecular weight excluding hydrogens is 292 g/mol. The van der Waals surface area contributed by atoms with E-state index in [-0.39, 0.29) is 5.91 Å². The van der Waals surface area contributed by atoms with Crippen molar-refractivity contribution < 1.29 is 9.53 Å². The third-order valence-electron chi connectivity index (χ3n) is 4.23. The van der Waals surface area contributed by atoms with Gasteiger partial charge < -0.3 is 15.0 Å². The van der Waals surface area contributed by atoms with E-state index in [9.17, 15) is 4.79 Å². The van der Waals surface area contributed by atoms with Gasteiger partial charge in [0.15, 0.2) is 5.69 Å². The third kappa shape index (κ3) is 3.07. The number of methoxy groups -OCH3 is 1. The van der Waals surface area contributed by atoms with Gasteiger partial charge in [0.05, 0.1) is 7.11 Å². The standard InChI is InChI=1S/C17H22N4O2/c1-11-8-12(4-5-15(11)23-3)10-21(2)17(22)16-13-9-18-7-6-14(13)19-20-16/h4-5,8,18H,6-7,9-10H2,1-3H3,(H,19,20). The number of amides is 1. The van der Waals surface area contributed by atoms with Gasteiger partial charge in [0, 0.05) is 44.4 Å². The van der Waals surface area contributed by atoms with Crippen LogP contribution in [0.4, 0.5) is 0 Å². The molecule has 6 heteroatoms. The minimum absolute atomic E-state index is 0.0559. The van der Waals surface area contributed by atoms with Crippen molar-refractivity contribution in [1.29, 1.82) is 0 Å². The van der Waals surface area contributed by atoms with Gasteiger partial charge in [0.25, 0.3) is 5.91 Å². The fourth-order valence-electron chi connectivity index (χ4n) is 2.97. The monoisotopic (exact) mass is 314 g/mol. The molecular formula is C17H22N4O2. The van der Waals surface area contributed by atoms with Crippen molar-refractivity contribution in [2.24, 2.45) is 0 Å². The molecule has 0 aliphatic carbocycles. The van der Waals surface area contributed by atoms with Crippen LogP contribution in [0.3, 0.4) is 0 Å². The number of benzene rings is 1. The van der Waals surface area contributed by atoms with Gasteiger partial charge in [-0.1, -0.05) is 12.1 Å². The van der Waals surface area contributed by atoms with Gasteiger partial charge in [-0.15, -0.1) is 0 Å². The predicted octanol–water partition coefficient (Wildman–Crippen LogP) is 1.64. The Morgan fingerprint density at radius 1 is 1.43 bits per heavy atom. The fourth-order valence-corrected chi connectivity index (χ4v) is 2.97. The SMILES string of the molecule is COc1ccc(CN(C)C(=O)c2n[nH]c3c2CNCC3)cc1C. The van der Waals surface area contributed by atoms with E-state index in [0.717, 1.165) is 41.1 Å². The lowest BCUT2D eigenvalue weighted by Crippen LogP contribution is -2.30. The summed E-state index contributed by atoms with van der Waals surface area (Å²) >= 11 is 0. The number of rotatable bonds is 4. The number of carbonyl (C=O) groups is 1. The summed E-state index contributed by atoms with van der Waals surface area (Å²) < 4.78 is 5.27. The van der Waals surface area contributed by atoms with E-state index in [0.29, 0.717) is 18.8 Å². The zero-order chi connectivity index (χ0) is 16.4. The number of aromatic nitrogens is 2. The lowest BCUT2D eigenvalue weighted by Gasteiger charge is -2.19. The molecule has 0 fully saturated rings. The molecule has 1 aliphatic rings. The molecule has 1 amide bonds. The van der Waals surface area contributed by atoms with Gasteiger partial charge in [-0.05, 0) is 24.1 Å². The van der Waals surface area contributed by atoms with Gasteiger partial charge in [-0.3, -0.25) is 9.89 Å². The van der Waals surface area contributed by atoms with Crippen LogP contribution in [-0.4, -0.2) is 41.7 Å². The zero-order valence-corrected chi connectivity index (χ0v) is 13.8. The molecule has 0 saturated carbocycles. The van der Waals surface area contributed by atoms with Gasteiger partial charge >= 0.3 is 0 Å². The van der Waals surface area contributed by atoms with Gasteiger partial charge in [-0.25, -0.2) is 0 Å². The molecule has 23 heavy (non-hydrogen) atoms. The van der Waals surface area contributed by atoms with E-state index in [1.165, 1.54) is 0 Å². The van der Waals surface area contributed by atoms with Crippen LogP contribution >= 0.6 is 0 Å². The van der Waals surface area contributed by atoms with Crippen molar-refractivity contribution in [3.63, 3.8) is 0 Å². The maximum atomic E-state index is 12.7. The van der Waals surface area contributed by atoms with Crippen LogP contribution < -0.4 is 10.1 Å². The Balaban J connectivity index is 1.75. The number of carbonyl (C=O) groups excluding carboxylic acids is 1. The lowest BCUT2D eigenvalue weighted by molar-refractivity contribution is 0.0778.